The van der Waals surface area contributed by atoms with Gasteiger partial charge in [-0.05, 0) is 31.7 Å². The van der Waals surface area contributed by atoms with Crippen LogP contribution in [0.3, 0.4) is 0 Å². The molecule has 0 saturated heterocycles. The zero-order valence-electron chi connectivity index (χ0n) is 13.6. The highest BCUT2D eigenvalue weighted by molar-refractivity contribution is 7.18. The second-order valence-corrected chi connectivity index (χ2v) is 6.81. The lowest BCUT2D eigenvalue weighted by atomic mass is 10.1. The quantitative estimate of drug-likeness (QED) is 0.828. The van der Waals surface area contributed by atoms with Gasteiger partial charge in [-0.25, -0.2) is 9.97 Å². The van der Waals surface area contributed by atoms with Gasteiger partial charge in [-0.2, -0.15) is 0 Å². The molecule has 116 valence electrons. The maximum absolute atomic E-state index is 5.77. The van der Waals surface area contributed by atoms with Crippen LogP contribution in [0.5, 0.6) is 0 Å². The van der Waals surface area contributed by atoms with Crippen molar-refractivity contribution >= 4 is 27.4 Å². The summed E-state index contributed by atoms with van der Waals surface area (Å²) >= 11 is 1.72. The van der Waals surface area contributed by atoms with Crippen molar-refractivity contribution in [3.05, 3.63) is 16.3 Å². The predicted molar refractivity (Wildman–Crippen MR) is 90.2 cm³/mol. The first-order chi connectivity index (χ1) is 10.1. The normalized spacial score (nSPS) is 12.8. The Bertz CT molecular complexity index is 609. The van der Waals surface area contributed by atoms with Crippen LogP contribution in [0.25, 0.3) is 10.2 Å². The summed E-state index contributed by atoms with van der Waals surface area (Å²) in [5.41, 5.74) is 1.27. The van der Waals surface area contributed by atoms with E-state index in [0.29, 0.717) is 12.5 Å². The van der Waals surface area contributed by atoms with Crippen molar-refractivity contribution in [1.29, 1.82) is 0 Å². The molecule has 5 heteroatoms. The molecule has 4 nitrogen and oxygen atoms in total. The molecule has 2 aromatic rings. The topological polar surface area (TPSA) is 47.0 Å². The Morgan fingerprint density at radius 3 is 2.71 bits per heavy atom. The van der Waals surface area contributed by atoms with Gasteiger partial charge in [0.05, 0.1) is 5.39 Å². The van der Waals surface area contributed by atoms with Gasteiger partial charge < -0.3 is 10.1 Å². The molecule has 0 radical (unpaired) electrons. The average molecular weight is 307 g/mol. The van der Waals surface area contributed by atoms with E-state index in [1.807, 2.05) is 7.05 Å². The van der Waals surface area contributed by atoms with Crippen molar-refractivity contribution < 1.29 is 4.74 Å². The van der Waals surface area contributed by atoms with Crippen LogP contribution in [-0.2, 0) is 11.3 Å². The van der Waals surface area contributed by atoms with Crippen molar-refractivity contribution in [3.63, 3.8) is 0 Å². The Morgan fingerprint density at radius 2 is 2.05 bits per heavy atom. The molecule has 2 aromatic heterocycles. The van der Waals surface area contributed by atoms with Crippen LogP contribution >= 0.6 is 11.3 Å². The van der Waals surface area contributed by atoms with Crippen LogP contribution in [-0.4, -0.2) is 23.6 Å². The van der Waals surface area contributed by atoms with Crippen molar-refractivity contribution in [2.75, 3.05) is 19.0 Å². The number of nitrogens with zero attached hydrogens (tertiary/aromatic N) is 2. The molecule has 2 rings (SSSR count). The zero-order valence-corrected chi connectivity index (χ0v) is 14.4. The first-order valence-electron chi connectivity index (χ1n) is 7.58. The molecule has 0 aliphatic carbocycles. The second-order valence-electron chi connectivity index (χ2n) is 5.61. The van der Waals surface area contributed by atoms with E-state index in [1.54, 1.807) is 11.3 Å². The number of hydrogen-bond acceptors (Lipinski definition) is 5. The highest BCUT2D eigenvalue weighted by Gasteiger charge is 2.14. The molecule has 0 aromatic carbocycles. The molecule has 1 N–H and O–H groups in total. The molecule has 0 spiro atoms. The van der Waals surface area contributed by atoms with Crippen LogP contribution in [0.1, 0.15) is 43.0 Å². The van der Waals surface area contributed by atoms with Gasteiger partial charge in [0.15, 0.2) is 5.82 Å². The maximum Gasteiger partial charge on any atom is 0.158 e. The molecule has 2 heterocycles. The molecule has 0 saturated carbocycles. The third kappa shape index (κ3) is 3.71. The minimum atomic E-state index is 0.481. The van der Waals surface area contributed by atoms with E-state index in [2.05, 4.69) is 43.0 Å². The Hall–Kier alpha value is -1.20. The monoisotopic (exact) mass is 307 g/mol. The molecule has 21 heavy (non-hydrogen) atoms. The number of rotatable bonds is 7. The van der Waals surface area contributed by atoms with Gasteiger partial charge in [-0.1, -0.05) is 20.3 Å². The lowest BCUT2D eigenvalue weighted by Crippen LogP contribution is -2.08. The summed E-state index contributed by atoms with van der Waals surface area (Å²) in [6.45, 7) is 9.93. The fraction of sp³-hybridized carbons (Fsp3) is 0.625. The molecule has 0 fully saturated rings. The van der Waals surface area contributed by atoms with Crippen molar-refractivity contribution in [2.24, 2.45) is 5.92 Å². The van der Waals surface area contributed by atoms with E-state index in [-0.39, 0.29) is 0 Å². The number of aromatic nitrogens is 2. The van der Waals surface area contributed by atoms with Crippen LogP contribution in [0.4, 0.5) is 5.82 Å². The van der Waals surface area contributed by atoms with E-state index in [4.69, 9.17) is 4.74 Å². The lowest BCUT2D eigenvalue weighted by molar-refractivity contribution is 0.0851. The van der Waals surface area contributed by atoms with Crippen molar-refractivity contribution in [3.8, 4) is 0 Å². The smallest absolute Gasteiger partial charge is 0.158 e. The van der Waals surface area contributed by atoms with Gasteiger partial charge in [0.2, 0.25) is 0 Å². The van der Waals surface area contributed by atoms with Crippen molar-refractivity contribution in [2.45, 2.75) is 47.1 Å². The fourth-order valence-corrected chi connectivity index (χ4v) is 3.51. The molecule has 1 atom stereocenters. The van der Waals surface area contributed by atoms with E-state index >= 15 is 0 Å². The molecule has 0 bridgehead atoms. The molecule has 0 aliphatic rings. The molecular weight excluding hydrogens is 282 g/mol. The van der Waals surface area contributed by atoms with Gasteiger partial charge in [-0.15, -0.1) is 11.3 Å². The van der Waals surface area contributed by atoms with Crippen LogP contribution < -0.4 is 5.32 Å². The van der Waals surface area contributed by atoms with Gasteiger partial charge >= 0.3 is 0 Å². The predicted octanol–water partition coefficient (Wildman–Crippen LogP) is 4.30. The number of nitrogens with one attached hydrogen (secondary N) is 1. The number of anilines is 1. The molecule has 1 unspecified atom stereocenters. The maximum atomic E-state index is 5.77. The summed E-state index contributed by atoms with van der Waals surface area (Å²) in [6, 6.07) is 0. The van der Waals surface area contributed by atoms with Crippen LogP contribution in [0.15, 0.2) is 0 Å². The Balaban J connectivity index is 2.14. The van der Waals surface area contributed by atoms with Crippen molar-refractivity contribution in [1.82, 2.24) is 9.97 Å². The Kier molecular flexibility index (Phi) is 5.53. The number of thiophene rings is 1. The molecule has 0 aliphatic heterocycles. The largest absolute Gasteiger partial charge is 0.373 e. The highest BCUT2D eigenvalue weighted by Crippen LogP contribution is 2.33. The zero-order chi connectivity index (χ0) is 15.4. The fourth-order valence-electron chi connectivity index (χ4n) is 2.47. The van der Waals surface area contributed by atoms with Gasteiger partial charge in [0, 0.05) is 18.5 Å². The summed E-state index contributed by atoms with van der Waals surface area (Å²) in [5.74, 6) is 2.26. The Labute approximate surface area is 131 Å². The van der Waals surface area contributed by atoms with Gasteiger partial charge in [-0.3, -0.25) is 0 Å². The first-order valence-corrected chi connectivity index (χ1v) is 8.40. The minimum Gasteiger partial charge on any atom is -0.373 e. The Morgan fingerprint density at radius 1 is 1.29 bits per heavy atom. The first kappa shape index (κ1) is 16.2. The average Bonchev–Trinajstić information content (AvgIpc) is 2.73. The summed E-state index contributed by atoms with van der Waals surface area (Å²) in [4.78, 5) is 11.6. The number of fused-ring (bicyclic) bond motifs is 1. The molecule has 0 amide bonds. The lowest BCUT2D eigenvalue weighted by Gasteiger charge is -2.11. The number of aryl methyl sites for hydroxylation is 2. The third-order valence-electron chi connectivity index (χ3n) is 3.73. The summed E-state index contributed by atoms with van der Waals surface area (Å²) in [7, 11) is 1.90. The van der Waals surface area contributed by atoms with Gasteiger partial charge in [0.25, 0.3) is 0 Å². The number of ether oxygens (including phenoxy) is 1. The van der Waals surface area contributed by atoms with Gasteiger partial charge in [0.1, 0.15) is 17.3 Å². The summed E-state index contributed by atoms with van der Waals surface area (Å²) in [6.07, 6.45) is 2.40. The van der Waals surface area contributed by atoms with Crippen LogP contribution in [0.2, 0.25) is 0 Å². The van der Waals surface area contributed by atoms with E-state index in [9.17, 15) is 0 Å². The molecular formula is C16H25N3OS. The highest BCUT2D eigenvalue weighted by atomic mass is 32.1. The minimum absolute atomic E-state index is 0.481. The van der Waals surface area contributed by atoms with E-state index in [0.717, 1.165) is 28.5 Å². The summed E-state index contributed by atoms with van der Waals surface area (Å²) in [5, 5.41) is 4.33. The van der Waals surface area contributed by atoms with E-state index < -0.39 is 0 Å². The van der Waals surface area contributed by atoms with Crippen LogP contribution in [0, 0.1) is 19.8 Å². The second kappa shape index (κ2) is 7.18. The van der Waals surface area contributed by atoms with E-state index in [1.165, 1.54) is 23.3 Å². The summed E-state index contributed by atoms with van der Waals surface area (Å²) < 4.78 is 5.77. The standard InChI is InChI=1S/C16H25N3OS/c1-6-7-10(2)8-20-9-13-18-15(17-5)14-11(3)12(4)21-16(14)19-13/h10H,6-9H2,1-5H3,(H,17,18,19). The SMILES string of the molecule is CCCC(C)COCc1nc(NC)c2c(C)c(C)sc2n1. The number of hydrogen-bond donors (Lipinski definition) is 1. The third-order valence-corrected chi connectivity index (χ3v) is 4.83.